The second-order valence-corrected chi connectivity index (χ2v) is 8.65. The Morgan fingerprint density at radius 1 is 0.903 bits per heavy atom. The number of carbonyl (C=O) groups excluding carboxylic acids is 2. The Morgan fingerprint density at radius 2 is 1.39 bits per heavy atom. The molecule has 0 fully saturated rings. The molecular formula is C21H24N4O4S2. The number of allylic oxidation sites excluding steroid dienone is 1. The molecule has 0 aromatic heterocycles. The van der Waals surface area contributed by atoms with Gasteiger partial charge >= 0.3 is 12.2 Å². The Labute approximate surface area is 190 Å². The average Bonchev–Trinajstić information content (AvgIpc) is 3.19. The first-order valence-electron chi connectivity index (χ1n) is 9.86. The highest BCUT2D eigenvalue weighted by Crippen LogP contribution is 2.59. The van der Waals surface area contributed by atoms with Crippen LogP contribution in [0.1, 0.15) is 33.3 Å². The topological polar surface area (TPSA) is 107 Å². The van der Waals surface area contributed by atoms with Crippen molar-refractivity contribution >= 4 is 35.7 Å². The van der Waals surface area contributed by atoms with Gasteiger partial charge in [-0.05, 0) is 46.2 Å². The summed E-state index contributed by atoms with van der Waals surface area (Å²) < 4.78 is 11.8. The van der Waals surface area contributed by atoms with Crippen LogP contribution in [0.25, 0.3) is 0 Å². The number of fused-ring (bicyclic) bond motifs is 1. The molecule has 31 heavy (non-hydrogen) atoms. The van der Waals surface area contributed by atoms with Crippen molar-refractivity contribution in [2.75, 3.05) is 26.2 Å². The zero-order valence-electron chi connectivity index (χ0n) is 18.1. The van der Waals surface area contributed by atoms with E-state index >= 15 is 0 Å². The summed E-state index contributed by atoms with van der Waals surface area (Å²) >= 11 is 2.32. The molecule has 2 rings (SSSR count). The maximum atomic E-state index is 12.6. The molecule has 1 aliphatic heterocycles. The van der Waals surface area contributed by atoms with E-state index in [1.165, 1.54) is 4.90 Å². The first-order chi connectivity index (χ1) is 14.8. The molecule has 8 nitrogen and oxygen atoms in total. The third-order valence-corrected chi connectivity index (χ3v) is 7.20. The molecule has 0 radical (unpaired) electrons. The van der Waals surface area contributed by atoms with Gasteiger partial charge in [-0.25, -0.2) is 9.59 Å². The van der Waals surface area contributed by atoms with Gasteiger partial charge in [-0.15, -0.1) is 0 Å². The summed E-state index contributed by atoms with van der Waals surface area (Å²) in [7, 11) is 0. The lowest BCUT2D eigenvalue weighted by Gasteiger charge is -2.21. The Balaban J connectivity index is 2.55. The van der Waals surface area contributed by atoms with E-state index in [4.69, 9.17) is 9.47 Å². The van der Waals surface area contributed by atoms with Crippen LogP contribution >= 0.6 is 23.5 Å². The van der Waals surface area contributed by atoms with E-state index in [0.29, 0.717) is 57.3 Å². The van der Waals surface area contributed by atoms with Gasteiger partial charge in [-0.1, -0.05) is 23.5 Å². The van der Waals surface area contributed by atoms with E-state index in [0.717, 1.165) is 23.5 Å². The number of nitriles is 2. The largest absolute Gasteiger partial charge is 0.415 e. The zero-order chi connectivity index (χ0) is 23.1. The van der Waals surface area contributed by atoms with Crippen molar-refractivity contribution in [3.8, 4) is 23.6 Å². The fourth-order valence-electron chi connectivity index (χ4n) is 2.81. The molecule has 1 aliphatic rings. The van der Waals surface area contributed by atoms with Crippen molar-refractivity contribution < 1.29 is 19.1 Å². The van der Waals surface area contributed by atoms with E-state index < -0.39 is 12.2 Å². The molecule has 1 aromatic carbocycles. The monoisotopic (exact) mass is 460 g/mol. The number of benzene rings is 1. The van der Waals surface area contributed by atoms with Crippen molar-refractivity contribution in [3.63, 3.8) is 0 Å². The molecule has 0 atom stereocenters. The van der Waals surface area contributed by atoms with Crippen LogP contribution in [0.15, 0.2) is 25.7 Å². The van der Waals surface area contributed by atoms with Crippen molar-refractivity contribution in [2.45, 2.75) is 44.4 Å². The highest BCUT2D eigenvalue weighted by Gasteiger charge is 2.32. The second-order valence-electron chi connectivity index (χ2n) is 6.35. The fraction of sp³-hybridized carbons (Fsp3) is 0.429. The molecule has 10 heteroatoms. The Bertz CT molecular complexity index is 971. The van der Waals surface area contributed by atoms with Gasteiger partial charge in [0, 0.05) is 26.2 Å². The lowest BCUT2D eigenvalue weighted by Crippen LogP contribution is -2.33. The predicted octanol–water partition coefficient (Wildman–Crippen LogP) is 5.13. The van der Waals surface area contributed by atoms with Gasteiger partial charge in [0.05, 0.1) is 14.0 Å². The van der Waals surface area contributed by atoms with Crippen LogP contribution in [0.2, 0.25) is 0 Å². The van der Waals surface area contributed by atoms with Crippen LogP contribution < -0.4 is 9.47 Å². The summed E-state index contributed by atoms with van der Waals surface area (Å²) in [6.45, 7) is 11.2. The van der Waals surface area contributed by atoms with Crippen molar-refractivity contribution in [1.82, 2.24) is 9.80 Å². The summed E-state index contributed by atoms with van der Waals surface area (Å²) in [5, 5.41) is 18.6. The molecule has 0 bridgehead atoms. The molecule has 2 amide bonds. The predicted molar refractivity (Wildman–Crippen MR) is 119 cm³/mol. The molecular weight excluding hydrogens is 436 g/mol. The van der Waals surface area contributed by atoms with E-state index in [1.54, 1.807) is 17.9 Å². The van der Waals surface area contributed by atoms with E-state index in [2.05, 4.69) is 0 Å². The first kappa shape index (κ1) is 24.4. The van der Waals surface area contributed by atoms with E-state index in [1.807, 2.05) is 39.8 Å². The summed E-state index contributed by atoms with van der Waals surface area (Å²) in [6, 6.07) is 5.40. The maximum absolute atomic E-state index is 12.6. The lowest BCUT2D eigenvalue weighted by molar-refractivity contribution is 0.152. The van der Waals surface area contributed by atoms with Gasteiger partial charge in [0.25, 0.3) is 0 Å². The van der Waals surface area contributed by atoms with Crippen LogP contribution in [0.5, 0.6) is 11.5 Å². The molecule has 0 saturated heterocycles. The Morgan fingerprint density at radius 3 is 1.87 bits per heavy atom. The van der Waals surface area contributed by atoms with Crippen LogP contribution in [0.4, 0.5) is 9.59 Å². The normalized spacial score (nSPS) is 11.8. The summed E-state index contributed by atoms with van der Waals surface area (Å²) in [4.78, 5) is 29.2. The SMILES string of the molecule is CCN(CC)C(=O)Oc1cc(C)c(OC(=O)N(CC)CC)c2c1SC(=C(C#N)C#N)S2. The number of hydrogen-bond donors (Lipinski definition) is 0. The third-order valence-electron chi connectivity index (χ3n) is 4.59. The Kier molecular flexibility index (Phi) is 8.66. The highest BCUT2D eigenvalue weighted by molar-refractivity contribution is 8.24. The van der Waals surface area contributed by atoms with Gasteiger partial charge in [-0.3, -0.25) is 0 Å². The van der Waals surface area contributed by atoms with Crippen LogP contribution in [0.3, 0.4) is 0 Å². The molecule has 1 aromatic rings. The number of rotatable bonds is 6. The van der Waals surface area contributed by atoms with E-state index in [9.17, 15) is 20.1 Å². The molecule has 1 heterocycles. The van der Waals surface area contributed by atoms with Crippen LogP contribution in [0, 0.1) is 29.6 Å². The minimum absolute atomic E-state index is 0.0501. The molecule has 0 N–H and O–H groups in total. The maximum Gasteiger partial charge on any atom is 0.415 e. The molecule has 164 valence electrons. The minimum Gasteiger partial charge on any atom is -0.409 e. The summed E-state index contributed by atoms with van der Waals surface area (Å²) in [5.74, 6) is 0.632. The van der Waals surface area contributed by atoms with Crippen molar-refractivity contribution in [2.24, 2.45) is 0 Å². The zero-order valence-corrected chi connectivity index (χ0v) is 19.8. The van der Waals surface area contributed by atoms with Crippen LogP contribution in [-0.2, 0) is 0 Å². The van der Waals surface area contributed by atoms with Gasteiger partial charge in [0.2, 0.25) is 0 Å². The quantitative estimate of drug-likeness (QED) is 0.538. The second kappa shape index (κ2) is 11.0. The Hall–Kier alpha value is -2.82. The number of hydrogen-bond acceptors (Lipinski definition) is 8. The van der Waals surface area contributed by atoms with Gasteiger partial charge < -0.3 is 19.3 Å². The minimum atomic E-state index is -0.497. The van der Waals surface area contributed by atoms with Crippen molar-refractivity contribution in [3.05, 3.63) is 21.4 Å². The average molecular weight is 461 g/mol. The van der Waals surface area contributed by atoms with Gasteiger partial charge in [0.1, 0.15) is 23.5 Å². The standard InChI is InChI=1S/C21H24N4O4S2/c1-6-24(7-2)20(26)28-15-10-13(5)16(29-21(27)25(8-3)9-4)18-17(15)30-19(31-18)14(11-22)12-23/h10H,6-9H2,1-5H3. The highest BCUT2D eigenvalue weighted by atomic mass is 32.2. The molecule has 0 spiro atoms. The third kappa shape index (κ3) is 5.27. The number of thioether (sulfide) groups is 2. The number of amides is 2. The number of nitrogens with zero attached hydrogens (tertiary/aromatic N) is 4. The summed E-state index contributed by atoms with van der Waals surface area (Å²) in [6.07, 6.45) is -0.990. The van der Waals surface area contributed by atoms with Crippen molar-refractivity contribution in [1.29, 1.82) is 10.5 Å². The number of ether oxygens (including phenoxy) is 2. The number of carbonyl (C=O) groups is 2. The summed E-state index contributed by atoms with van der Waals surface area (Å²) in [5.41, 5.74) is 0.553. The first-order valence-corrected chi connectivity index (χ1v) is 11.5. The number of aryl methyl sites for hydroxylation is 1. The lowest BCUT2D eigenvalue weighted by atomic mass is 10.2. The van der Waals surface area contributed by atoms with Gasteiger partial charge in [-0.2, -0.15) is 10.5 Å². The van der Waals surface area contributed by atoms with E-state index in [-0.39, 0.29) is 5.57 Å². The van der Waals surface area contributed by atoms with Crippen LogP contribution in [-0.4, -0.2) is 48.2 Å². The van der Waals surface area contributed by atoms with Gasteiger partial charge in [0.15, 0.2) is 5.75 Å². The fourth-order valence-corrected chi connectivity index (χ4v) is 5.36. The molecule has 0 aliphatic carbocycles. The smallest absolute Gasteiger partial charge is 0.409 e. The molecule has 0 saturated carbocycles. The molecule has 0 unspecified atom stereocenters.